The summed E-state index contributed by atoms with van der Waals surface area (Å²) in [4.78, 5) is 8.84. The number of aliphatic hydroxyl groups excluding tert-OH is 1. The summed E-state index contributed by atoms with van der Waals surface area (Å²) in [7, 11) is 1.57. The third kappa shape index (κ3) is 4.39. The average molecular weight is 468 g/mol. The second kappa shape index (κ2) is 9.71. The van der Waals surface area contributed by atoms with Gasteiger partial charge >= 0.3 is 0 Å². The van der Waals surface area contributed by atoms with E-state index in [4.69, 9.17) is 18.9 Å². The van der Waals surface area contributed by atoms with Crippen LogP contribution in [0.3, 0.4) is 0 Å². The number of pyridine rings is 2. The summed E-state index contributed by atoms with van der Waals surface area (Å²) in [6.45, 7) is 1.58. The summed E-state index contributed by atoms with van der Waals surface area (Å²) in [5, 5.41) is 26.0. The third-order valence-corrected chi connectivity index (χ3v) is 6.51. The molecule has 2 aromatic heterocycles. The Morgan fingerprint density at radius 3 is 2.74 bits per heavy atom. The fourth-order valence-electron chi connectivity index (χ4n) is 4.60. The maximum atomic E-state index is 11.6. The summed E-state index contributed by atoms with van der Waals surface area (Å²) >= 11 is 0. The fraction of sp³-hybridized carbons (Fsp3) is 0.440. The highest BCUT2D eigenvalue weighted by Crippen LogP contribution is 2.37. The van der Waals surface area contributed by atoms with Gasteiger partial charge in [-0.1, -0.05) is 12.1 Å². The maximum absolute atomic E-state index is 11.6. The molecule has 0 radical (unpaired) electrons. The van der Waals surface area contributed by atoms with E-state index in [1.807, 2.05) is 24.3 Å². The van der Waals surface area contributed by atoms with Gasteiger partial charge in [-0.25, -0.2) is 0 Å². The average Bonchev–Trinajstić information content (AvgIpc) is 2.91. The number of methoxy groups -OCH3 is 1. The molecule has 2 aliphatic heterocycles. The van der Waals surface area contributed by atoms with Crippen LogP contribution in [0.5, 0.6) is 17.2 Å². The Bertz CT molecular complexity index is 1150. The maximum Gasteiger partial charge on any atom is 0.179 e. The van der Waals surface area contributed by atoms with E-state index in [1.54, 1.807) is 25.6 Å². The number of aliphatic hydroxyl groups is 2. The van der Waals surface area contributed by atoms with Gasteiger partial charge in [0.2, 0.25) is 0 Å². The lowest BCUT2D eigenvalue weighted by molar-refractivity contribution is -0.157. The molecule has 1 saturated heterocycles. The minimum Gasteiger partial charge on any atom is -0.495 e. The normalized spacial score (nSPS) is 21.7. The lowest BCUT2D eigenvalue weighted by atomic mass is 9.82. The number of hydrogen-bond donors (Lipinski definition) is 3. The van der Waals surface area contributed by atoms with Crippen LogP contribution in [0.15, 0.2) is 42.7 Å². The van der Waals surface area contributed by atoms with E-state index in [9.17, 15) is 10.2 Å². The summed E-state index contributed by atoms with van der Waals surface area (Å²) in [6.07, 6.45) is 4.13. The van der Waals surface area contributed by atoms with E-state index < -0.39 is 18.3 Å². The highest BCUT2D eigenvalue weighted by atomic mass is 16.6. The molecular weight excluding hydrogens is 438 g/mol. The van der Waals surface area contributed by atoms with Crippen LogP contribution in [-0.4, -0.2) is 65.9 Å². The van der Waals surface area contributed by atoms with E-state index in [2.05, 4.69) is 15.3 Å². The number of nitrogens with one attached hydrogen (secondary N) is 1. The van der Waals surface area contributed by atoms with Crippen molar-refractivity contribution in [2.75, 3.05) is 33.5 Å². The van der Waals surface area contributed by atoms with E-state index in [-0.39, 0.29) is 6.04 Å². The zero-order valence-corrected chi connectivity index (χ0v) is 19.1. The van der Waals surface area contributed by atoms with Crippen LogP contribution in [0.25, 0.3) is 10.9 Å². The first kappa shape index (κ1) is 22.8. The van der Waals surface area contributed by atoms with Crippen molar-refractivity contribution in [1.82, 2.24) is 15.3 Å². The van der Waals surface area contributed by atoms with Crippen LogP contribution in [0, 0.1) is 0 Å². The molecule has 1 unspecified atom stereocenters. The Morgan fingerprint density at radius 2 is 1.97 bits per heavy atom. The van der Waals surface area contributed by atoms with Crippen LogP contribution >= 0.6 is 0 Å². The smallest absolute Gasteiger partial charge is 0.179 e. The first-order valence-corrected chi connectivity index (χ1v) is 11.5. The van der Waals surface area contributed by atoms with Gasteiger partial charge in [0.05, 0.1) is 50.0 Å². The van der Waals surface area contributed by atoms with Crippen molar-refractivity contribution < 1.29 is 29.2 Å². The van der Waals surface area contributed by atoms with E-state index in [1.165, 1.54) is 0 Å². The lowest BCUT2D eigenvalue weighted by Crippen LogP contribution is -2.50. The highest BCUT2D eigenvalue weighted by molar-refractivity contribution is 5.84. The van der Waals surface area contributed by atoms with Gasteiger partial charge in [0.15, 0.2) is 11.5 Å². The predicted molar refractivity (Wildman–Crippen MR) is 124 cm³/mol. The number of benzene rings is 1. The van der Waals surface area contributed by atoms with Gasteiger partial charge in [0, 0.05) is 24.0 Å². The second-order valence-corrected chi connectivity index (χ2v) is 8.63. The molecule has 3 N–H and O–H groups in total. The van der Waals surface area contributed by atoms with Crippen LogP contribution in [0.1, 0.15) is 24.1 Å². The van der Waals surface area contributed by atoms with Crippen molar-refractivity contribution in [2.24, 2.45) is 0 Å². The molecule has 0 amide bonds. The van der Waals surface area contributed by atoms with Gasteiger partial charge in [-0.15, -0.1) is 0 Å². The molecule has 1 fully saturated rings. The highest BCUT2D eigenvalue weighted by Gasteiger charge is 2.42. The largest absolute Gasteiger partial charge is 0.495 e. The summed E-state index contributed by atoms with van der Waals surface area (Å²) in [5.74, 6) is 1.97. The Morgan fingerprint density at radius 1 is 1.12 bits per heavy atom. The Kier molecular flexibility index (Phi) is 6.51. The molecule has 5 rings (SSSR count). The van der Waals surface area contributed by atoms with Gasteiger partial charge in [-0.05, 0) is 30.5 Å². The number of rotatable bonds is 7. The van der Waals surface area contributed by atoms with Crippen LogP contribution in [0.2, 0.25) is 0 Å². The lowest BCUT2D eigenvalue weighted by Gasteiger charge is -2.40. The molecule has 0 aliphatic carbocycles. The Labute approximate surface area is 197 Å². The van der Waals surface area contributed by atoms with Gasteiger partial charge in [-0.3, -0.25) is 9.97 Å². The van der Waals surface area contributed by atoms with Crippen molar-refractivity contribution in [1.29, 1.82) is 0 Å². The summed E-state index contributed by atoms with van der Waals surface area (Å²) < 4.78 is 22.6. The number of aromatic nitrogens is 2. The summed E-state index contributed by atoms with van der Waals surface area (Å²) in [5.41, 5.74) is 0.592. The molecule has 3 aromatic rings. The van der Waals surface area contributed by atoms with Crippen molar-refractivity contribution in [2.45, 2.75) is 37.1 Å². The van der Waals surface area contributed by atoms with Crippen molar-refractivity contribution >= 4 is 10.9 Å². The summed E-state index contributed by atoms with van der Waals surface area (Å²) in [6, 6.07) is 9.31. The fourth-order valence-corrected chi connectivity index (χ4v) is 4.60. The standard InChI is InChI=1S/C25H29N3O6/c1-31-18-10-19-20(3-2-4-21(19)28-12-18)25(30,15-29)24-6-5-16(14-34-24)26-11-17-9-22-23(13-27-17)33-8-7-32-22/h2-4,9-10,12-13,16,24,26,29-30H,5-8,11,14-15H2,1H3/t16-,24+,25?/m1/s1. The SMILES string of the molecule is COc1cnc2cccc(C(O)(CO)[C@@H]3CC[C@@H](NCc4cc5c(cn4)OCCO5)CO3)c2c1. The molecule has 9 nitrogen and oxygen atoms in total. The van der Waals surface area contributed by atoms with Crippen molar-refractivity contribution in [3.05, 3.63) is 54.0 Å². The zero-order valence-electron chi connectivity index (χ0n) is 19.1. The molecule has 0 spiro atoms. The Balaban J connectivity index is 1.26. The van der Waals surface area contributed by atoms with Crippen LogP contribution < -0.4 is 19.5 Å². The van der Waals surface area contributed by atoms with E-state index in [0.29, 0.717) is 61.1 Å². The minimum atomic E-state index is -1.56. The second-order valence-electron chi connectivity index (χ2n) is 8.63. The molecule has 0 bridgehead atoms. The van der Waals surface area contributed by atoms with Crippen molar-refractivity contribution in [3.8, 4) is 17.2 Å². The molecule has 34 heavy (non-hydrogen) atoms. The quantitative estimate of drug-likeness (QED) is 0.479. The van der Waals surface area contributed by atoms with Crippen molar-refractivity contribution in [3.63, 3.8) is 0 Å². The topological polar surface area (TPSA) is 115 Å². The molecule has 3 atom stereocenters. The first-order valence-electron chi connectivity index (χ1n) is 11.5. The Hall–Kier alpha value is -2.98. The molecule has 180 valence electrons. The monoisotopic (exact) mass is 467 g/mol. The molecule has 1 aromatic carbocycles. The molecule has 2 aliphatic rings. The predicted octanol–water partition coefficient (Wildman–Crippen LogP) is 1.93. The number of hydrogen-bond acceptors (Lipinski definition) is 9. The van der Waals surface area contributed by atoms with E-state index >= 15 is 0 Å². The molecule has 0 saturated carbocycles. The minimum absolute atomic E-state index is 0.100. The van der Waals surface area contributed by atoms with Crippen LogP contribution in [-0.2, 0) is 16.9 Å². The zero-order chi connectivity index (χ0) is 23.5. The first-order chi connectivity index (χ1) is 16.6. The molecular formula is C25H29N3O6. The number of fused-ring (bicyclic) bond motifs is 2. The van der Waals surface area contributed by atoms with Gasteiger partial charge in [0.25, 0.3) is 0 Å². The molecule has 9 heteroatoms. The number of nitrogens with zero attached hydrogens (tertiary/aromatic N) is 2. The van der Waals surface area contributed by atoms with Gasteiger partial charge in [0.1, 0.15) is 24.6 Å². The molecule has 4 heterocycles. The van der Waals surface area contributed by atoms with E-state index in [0.717, 1.165) is 17.5 Å². The number of ether oxygens (including phenoxy) is 4. The van der Waals surface area contributed by atoms with Gasteiger partial charge < -0.3 is 34.5 Å². The van der Waals surface area contributed by atoms with Crippen LogP contribution in [0.4, 0.5) is 0 Å². The van der Waals surface area contributed by atoms with Gasteiger partial charge in [-0.2, -0.15) is 0 Å². The third-order valence-electron chi connectivity index (χ3n) is 6.51.